The summed E-state index contributed by atoms with van der Waals surface area (Å²) in [5.41, 5.74) is 4.82. The Balaban J connectivity index is 3.20. The predicted molar refractivity (Wildman–Crippen MR) is 55.7 cm³/mol. The molecule has 0 fully saturated rings. The second-order valence-electron chi connectivity index (χ2n) is 2.91. The van der Waals surface area contributed by atoms with Gasteiger partial charge < -0.3 is 25.3 Å². The van der Waals surface area contributed by atoms with Gasteiger partial charge >= 0.3 is 0 Å². The second-order valence-corrected chi connectivity index (χ2v) is 2.91. The molecule has 0 heterocycles. The largest absolute Gasteiger partial charge is 0.382 e. The van der Waals surface area contributed by atoms with Crippen LogP contribution in [0.2, 0.25) is 0 Å². The van der Waals surface area contributed by atoms with Crippen LogP contribution in [0.1, 0.15) is 0 Å². The number of carbonyl (C=O) groups excluding carboxylic acids is 2. The zero-order valence-electron chi connectivity index (χ0n) is 9.36. The Kier molecular flexibility index (Phi) is 9.58. The van der Waals surface area contributed by atoms with Crippen molar-refractivity contribution in [3.8, 4) is 0 Å². The van der Waals surface area contributed by atoms with Crippen molar-refractivity contribution in [2.75, 3.05) is 46.7 Å². The van der Waals surface area contributed by atoms with E-state index in [0.717, 1.165) is 0 Å². The van der Waals surface area contributed by atoms with Crippen LogP contribution >= 0.6 is 0 Å². The minimum Gasteiger partial charge on any atom is -0.382 e. The molecule has 0 unspecified atom stereocenters. The van der Waals surface area contributed by atoms with Gasteiger partial charge in [-0.15, -0.1) is 0 Å². The molecule has 0 atom stereocenters. The Morgan fingerprint density at radius 2 is 1.88 bits per heavy atom. The minimum atomic E-state index is -0.601. The maximum Gasteiger partial charge on any atom is 0.246 e. The Hall–Kier alpha value is -1.18. The quantitative estimate of drug-likeness (QED) is 0.437. The van der Waals surface area contributed by atoms with Gasteiger partial charge in [-0.3, -0.25) is 9.59 Å². The molecular weight excluding hydrogens is 216 g/mol. The zero-order chi connectivity index (χ0) is 12.2. The Morgan fingerprint density at radius 1 is 1.12 bits per heavy atom. The third-order valence-corrected chi connectivity index (χ3v) is 1.48. The zero-order valence-corrected chi connectivity index (χ0v) is 9.36. The topological polar surface area (TPSA) is 99.9 Å². The van der Waals surface area contributed by atoms with E-state index in [9.17, 15) is 9.59 Å². The number of carbonyl (C=O) groups is 2. The van der Waals surface area contributed by atoms with Crippen molar-refractivity contribution in [2.45, 2.75) is 0 Å². The molecule has 0 saturated carbocycles. The molecule has 0 radical (unpaired) electrons. The fourth-order valence-corrected chi connectivity index (χ4v) is 0.802. The maximum absolute atomic E-state index is 11.0. The number of nitrogens with one attached hydrogen (secondary N) is 1. The van der Waals surface area contributed by atoms with E-state index in [0.29, 0.717) is 26.4 Å². The number of nitrogens with two attached hydrogens (primary N) is 1. The van der Waals surface area contributed by atoms with Gasteiger partial charge in [0.15, 0.2) is 0 Å². The number of rotatable bonds is 10. The summed E-state index contributed by atoms with van der Waals surface area (Å²) in [5.74, 6) is -0.910. The summed E-state index contributed by atoms with van der Waals surface area (Å²) in [6, 6.07) is 0. The van der Waals surface area contributed by atoms with Crippen LogP contribution in [-0.4, -0.2) is 58.5 Å². The molecule has 7 nitrogen and oxygen atoms in total. The van der Waals surface area contributed by atoms with Crippen LogP contribution < -0.4 is 11.1 Å². The minimum absolute atomic E-state index is 0.180. The molecule has 0 spiro atoms. The molecule has 94 valence electrons. The molecule has 0 aromatic heterocycles. The Bertz CT molecular complexity index is 210. The van der Waals surface area contributed by atoms with Crippen molar-refractivity contribution < 1.29 is 23.8 Å². The Labute approximate surface area is 94.2 Å². The van der Waals surface area contributed by atoms with Gasteiger partial charge in [-0.05, 0) is 0 Å². The lowest BCUT2D eigenvalue weighted by atomic mass is 10.5. The van der Waals surface area contributed by atoms with Gasteiger partial charge in [-0.2, -0.15) is 0 Å². The van der Waals surface area contributed by atoms with Gasteiger partial charge in [0.05, 0.1) is 19.8 Å². The molecule has 0 saturated heterocycles. The van der Waals surface area contributed by atoms with E-state index < -0.39 is 5.91 Å². The van der Waals surface area contributed by atoms with Crippen LogP contribution in [0.5, 0.6) is 0 Å². The Morgan fingerprint density at radius 3 is 2.50 bits per heavy atom. The molecule has 16 heavy (non-hydrogen) atoms. The molecule has 0 bridgehead atoms. The van der Waals surface area contributed by atoms with Gasteiger partial charge in [0.2, 0.25) is 11.8 Å². The van der Waals surface area contributed by atoms with Crippen molar-refractivity contribution in [2.24, 2.45) is 5.73 Å². The van der Waals surface area contributed by atoms with Crippen molar-refractivity contribution >= 4 is 11.8 Å². The molecule has 0 aliphatic rings. The first kappa shape index (κ1) is 14.8. The molecule has 0 aliphatic carbocycles. The molecule has 0 aliphatic heterocycles. The third kappa shape index (κ3) is 10.9. The lowest BCUT2D eigenvalue weighted by Crippen LogP contribution is -2.32. The maximum atomic E-state index is 11.0. The highest BCUT2D eigenvalue weighted by Gasteiger charge is 2.01. The number of ether oxygens (including phenoxy) is 3. The first-order valence-corrected chi connectivity index (χ1v) is 4.86. The van der Waals surface area contributed by atoms with Gasteiger partial charge in [0, 0.05) is 13.7 Å². The lowest BCUT2D eigenvalue weighted by Gasteiger charge is -2.06. The summed E-state index contributed by atoms with van der Waals surface area (Å²) in [7, 11) is 1.58. The average molecular weight is 234 g/mol. The highest BCUT2D eigenvalue weighted by atomic mass is 16.5. The summed E-state index contributed by atoms with van der Waals surface area (Å²) in [5, 5.41) is 2.55. The van der Waals surface area contributed by atoms with Crippen LogP contribution in [-0.2, 0) is 23.8 Å². The van der Waals surface area contributed by atoms with E-state index in [1.165, 1.54) is 0 Å². The van der Waals surface area contributed by atoms with E-state index in [4.69, 9.17) is 19.9 Å². The van der Waals surface area contributed by atoms with Gasteiger partial charge in [-0.1, -0.05) is 0 Å². The second kappa shape index (κ2) is 10.3. The van der Waals surface area contributed by atoms with Crippen molar-refractivity contribution in [1.29, 1.82) is 0 Å². The lowest BCUT2D eigenvalue weighted by molar-refractivity contribution is -0.129. The number of hydrogen-bond acceptors (Lipinski definition) is 5. The molecule has 0 aromatic rings. The molecule has 2 amide bonds. The van der Waals surface area contributed by atoms with Crippen LogP contribution in [0, 0.1) is 0 Å². The number of hydrogen-bond donors (Lipinski definition) is 2. The highest BCUT2D eigenvalue weighted by molar-refractivity contribution is 5.78. The SMILES string of the molecule is COCCOCCNC(=O)COCC(N)=O. The summed E-state index contributed by atoms with van der Waals surface area (Å²) >= 11 is 0. The fourth-order valence-electron chi connectivity index (χ4n) is 0.802. The summed E-state index contributed by atoms with van der Waals surface area (Å²) < 4.78 is 14.6. The van der Waals surface area contributed by atoms with Crippen molar-refractivity contribution in [3.05, 3.63) is 0 Å². The fraction of sp³-hybridized carbons (Fsp3) is 0.778. The standard InChI is InChI=1S/C9H18N2O5/c1-14-4-5-15-3-2-11-9(13)7-16-6-8(10)12/h2-7H2,1H3,(H2,10,12)(H,11,13). The monoisotopic (exact) mass is 234 g/mol. The third-order valence-electron chi connectivity index (χ3n) is 1.48. The van der Waals surface area contributed by atoms with E-state index in [1.54, 1.807) is 7.11 Å². The normalized spacial score (nSPS) is 10.1. The van der Waals surface area contributed by atoms with Crippen molar-refractivity contribution in [1.82, 2.24) is 5.32 Å². The van der Waals surface area contributed by atoms with Gasteiger partial charge in [0.1, 0.15) is 13.2 Å². The van der Waals surface area contributed by atoms with Crippen LogP contribution in [0.3, 0.4) is 0 Å². The number of primary amides is 1. The first-order chi connectivity index (χ1) is 7.66. The van der Waals surface area contributed by atoms with Gasteiger partial charge in [-0.25, -0.2) is 0 Å². The van der Waals surface area contributed by atoms with E-state index in [2.05, 4.69) is 5.32 Å². The average Bonchev–Trinajstić information content (AvgIpc) is 2.22. The van der Waals surface area contributed by atoms with Gasteiger partial charge in [0.25, 0.3) is 0 Å². The van der Waals surface area contributed by atoms with E-state index >= 15 is 0 Å². The first-order valence-electron chi connectivity index (χ1n) is 4.86. The molecule has 7 heteroatoms. The molecule has 3 N–H and O–H groups in total. The molecule has 0 aromatic carbocycles. The predicted octanol–water partition coefficient (Wildman–Crippen LogP) is -1.73. The van der Waals surface area contributed by atoms with Crippen LogP contribution in [0.25, 0.3) is 0 Å². The van der Waals surface area contributed by atoms with Crippen LogP contribution in [0.4, 0.5) is 0 Å². The van der Waals surface area contributed by atoms with E-state index in [-0.39, 0.29) is 19.1 Å². The summed E-state index contributed by atoms with van der Waals surface area (Å²) in [4.78, 5) is 21.3. The summed E-state index contributed by atoms with van der Waals surface area (Å²) in [6.45, 7) is 1.38. The van der Waals surface area contributed by atoms with Crippen LogP contribution in [0.15, 0.2) is 0 Å². The summed E-state index contributed by atoms with van der Waals surface area (Å²) in [6.07, 6.45) is 0. The number of methoxy groups -OCH3 is 1. The van der Waals surface area contributed by atoms with E-state index in [1.807, 2.05) is 0 Å². The smallest absolute Gasteiger partial charge is 0.246 e. The number of amides is 2. The highest BCUT2D eigenvalue weighted by Crippen LogP contribution is 1.77. The molecular formula is C9H18N2O5. The van der Waals surface area contributed by atoms with Crippen molar-refractivity contribution in [3.63, 3.8) is 0 Å². The molecule has 0 rings (SSSR count).